The summed E-state index contributed by atoms with van der Waals surface area (Å²) in [4.78, 5) is 43.7. The smallest absolute Gasteiger partial charge is 0.338 e. The van der Waals surface area contributed by atoms with Gasteiger partial charge in [0.2, 0.25) is 5.91 Å². The Hall–Kier alpha value is -2.29. The molecule has 33 heavy (non-hydrogen) atoms. The van der Waals surface area contributed by atoms with Crippen LogP contribution in [0.4, 0.5) is 4.79 Å². The molecule has 3 rings (SSSR count). The molecule has 2 heterocycles. The summed E-state index contributed by atoms with van der Waals surface area (Å²) in [7, 11) is 1.62. The van der Waals surface area contributed by atoms with Gasteiger partial charge in [0.25, 0.3) is 0 Å². The molecule has 0 aliphatic carbocycles. The van der Waals surface area contributed by atoms with Gasteiger partial charge in [0.15, 0.2) is 0 Å². The molecule has 180 valence electrons. The van der Waals surface area contributed by atoms with Crippen molar-refractivity contribution in [1.82, 2.24) is 20.0 Å². The minimum atomic E-state index is -0.797. The van der Waals surface area contributed by atoms with E-state index < -0.39 is 12.0 Å². The van der Waals surface area contributed by atoms with Crippen LogP contribution in [0.5, 0.6) is 0 Å². The molecule has 10 heteroatoms. The fourth-order valence-electron chi connectivity index (χ4n) is 4.34. The quantitative estimate of drug-likeness (QED) is 0.609. The van der Waals surface area contributed by atoms with Crippen LogP contribution in [-0.4, -0.2) is 78.5 Å². The Bertz CT molecular complexity index is 968. The molecule has 1 aromatic rings. The van der Waals surface area contributed by atoms with Crippen molar-refractivity contribution in [2.45, 2.75) is 39.3 Å². The van der Waals surface area contributed by atoms with Crippen LogP contribution in [0.2, 0.25) is 10.0 Å². The molecule has 0 saturated carbocycles. The van der Waals surface area contributed by atoms with Crippen LogP contribution in [0.25, 0.3) is 0 Å². The Labute approximate surface area is 204 Å². The van der Waals surface area contributed by atoms with Crippen LogP contribution in [0.15, 0.2) is 29.5 Å². The molecular weight excluding hydrogens is 467 g/mol. The number of carbonyl (C=O) groups excluding carboxylic acids is 3. The molecule has 8 nitrogen and oxygen atoms in total. The highest BCUT2D eigenvalue weighted by molar-refractivity contribution is 6.42. The van der Waals surface area contributed by atoms with Gasteiger partial charge in [-0.05, 0) is 25.5 Å². The van der Waals surface area contributed by atoms with E-state index >= 15 is 0 Å². The number of hydrogen-bond acceptors (Lipinski definition) is 5. The van der Waals surface area contributed by atoms with Crippen molar-refractivity contribution in [3.63, 3.8) is 0 Å². The molecular formula is C23H30Cl2N4O4. The van der Waals surface area contributed by atoms with Crippen LogP contribution in [0, 0.1) is 0 Å². The van der Waals surface area contributed by atoms with E-state index in [-0.39, 0.29) is 29.6 Å². The van der Waals surface area contributed by atoms with Crippen LogP contribution in [0.1, 0.15) is 38.8 Å². The summed E-state index contributed by atoms with van der Waals surface area (Å²) in [5.74, 6) is -0.397. The number of urea groups is 1. The summed E-state index contributed by atoms with van der Waals surface area (Å²) in [6.45, 7) is 7.99. The zero-order valence-electron chi connectivity index (χ0n) is 19.4. The van der Waals surface area contributed by atoms with E-state index in [0.717, 1.165) is 0 Å². The van der Waals surface area contributed by atoms with E-state index in [2.05, 4.69) is 10.2 Å². The highest BCUT2D eigenvalue weighted by Crippen LogP contribution is 2.37. The second-order valence-electron chi connectivity index (χ2n) is 8.19. The third-order valence-corrected chi connectivity index (χ3v) is 6.91. The van der Waals surface area contributed by atoms with Crippen molar-refractivity contribution in [2.75, 3.05) is 39.8 Å². The number of rotatable bonds is 6. The number of nitrogens with zero attached hydrogens (tertiary/aromatic N) is 3. The summed E-state index contributed by atoms with van der Waals surface area (Å²) >= 11 is 12.7. The van der Waals surface area contributed by atoms with Crippen LogP contribution < -0.4 is 5.32 Å². The summed E-state index contributed by atoms with van der Waals surface area (Å²) in [5.41, 5.74) is 1.39. The molecule has 1 fully saturated rings. The van der Waals surface area contributed by atoms with E-state index in [9.17, 15) is 14.4 Å². The standard InChI is InChI=1S/C23H30Cl2N4O4/c1-5-18(30)29-11-10-28(12-14(29)3)13-17-19(22(31)33-6-2)21(26-23(32)27(17)4)15-8-7-9-16(24)20(15)25/h7-9,14,21H,5-6,10-13H2,1-4H3,(H,26,32). The number of nitrogens with one attached hydrogen (secondary N) is 1. The predicted octanol–water partition coefficient (Wildman–Crippen LogP) is 3.45. The third-order valence-electron chi connectivity index (χ3n) is 6.07. The van der Waals surface area contributed by atoms with E-state index in [1.54, 1.807) is 32.2 Å². The second kappa shape index (κ2) is 10.8. The van der Waals surface area contributed by atoms with Crippen molar-refractivity contribution < 1.29 is 19.1 Å². The predicted molar refractivity (Wildman–Crippen MR) is 127 cm³/mol. The van der Waals surface area contributed by atoms with E-state index in [1.807, 2.05) is 18.7 Å². The van der Waals surface area contributed by atoms with Gasteiger partial charge >= 0.3 is 12.0 Å². The van der Waals surface area contributed by atoms with Crippen LogP contribution >= 0.6 is 23.2 Å². The Balaban J connectivity index is 2.00. The van der Waals surface area contributed by atoms with Crippen molar-refractivity contribution >= 4 is 41.1 Å². The summed E-state index contributed by atoms with van der Waals surface area (Å²) in [6, 6.07) is 3.98. The largest absolute Gasteiger partial charge is 0.463 e. The first kappa shape index (κ1) is 25.3. The topological polar surface area (TPSA) is 82.2 Å². The molecule has 2 atom stereocenters. The number of ether oxygens (including phenoxy) is 1. The molecule has 1 saturated heterocycles. The van der Waals surface area contributed by atoms with Gasteiger partial charge in [-0.2, -0.15) is 0 Å². The highest BCUT2D eigenvalue weighted by Gasteiger charge is 2.39. The molecule has 3 amide bonds. The van der Waals surface area contributed by atoms with Crippen molar-refractivity contribution in [3.8, 4) is 0 Å². The monoisotopic (exact) mass is 496 g/mol. The molecule has 0 bridgehead atoms. The van der Waals surface area contributed by atoms with Gasteiger partial charge in [-0.3, -0.25) is 14.6 Å². The number of amides is 3. The van der Waals surface area contributed by atoms with Crippen LogP contribution in [0.3, 0.4) is 0 Å². The molecule has 0 radical (unpaired) electrons. The zero-order valence-corrected chi connectivity index (χ0v) is 20.9. The van der Waals surface area contributed by atoms with Crippen molar-refractivity contribution in [2.24, 2.45) is 0 Å². The SMILES string of the molecule is CCOC(=O)C1=C(CN2CCN(C(=O)CC)C(C)C2)N(C)C(=O)NC1c1cccc(Cl)c1Cl. The maximum atomic E-state index is 13.1. The number of hydrogen-bond donors (Lipinski definition) is 1. The van der Waals surface area contributed by atoms with E-state index in [1.165, 1.54) is 4.90 Å². The fraction of sp³-hybridized carbons (Fsp3) is 0.522. The summed E-state index contributed by atoms with van der Waals surface area (Å²) in [6.07, 6.45) is 0.466. The van der Waals surface area contributed by atoms with Crippen LogP contribution in [-0.2, 0) is 14.3 Å². The Morgan fingerprint density at radius 2 is 1.94 bits per heavy atom. The van der Waals surface area contributed by atoms with Gasteiger partial charge in [-0.25, -0.2) is 9.59 Å². The lowest BCUT2D eigenvalue weighted by Gasteiger charge is -2.42. The molecule has 1 N–H and O–H groups in total. The number of benzene rings is 1. The number of halogens is 2. The lowest BCUT2D eigenvalue weighted by Crippen LogP contribution is -2.56. The van der Waals surface area contributed by atoms with E-state index in [0.29, 0.717) is 54.5 Å². The van der Waals surface area contributed by atoms with Gasteiger partial charge in [0.05, 0.1) is 28.3 Å². The Kier molecular flexibility index (Phi) is 8.26. The normalized spacial score (nSPS) is 21.8. The average molecular weight is 497 g/mol. The molecule has 2 aliphatic rings. The first-order chi connectivity index (χ1) is 15.7. The first-order valence-corrected chi connectivity index (χ1v) is 11.8. The van der Waals surface area contributed by atoms with Gasteiger partial charge in [0, 0.05) is 51.4 Å². The molecule has 2 unspecified atom stereocenters. The average Bonchev–Trinajstić information content (AvgIpc) is 2.78. The lowest BCUT2D eigenvalue weighted by atomic mass is 9.94. The highest BCUT2D eigenvalue weighted by atomic mass is 35.5. The number of carbonyl (C=O) groups is 3. The van der Waals surface area contributed by atoms with Gasteiger partial charge < -0.3 is 15.0 Å². The summed E-state index contributed by atoms with van der Waals surface area (Å²) < 4.78 is 5.37. The minimum absolute atomic E-state index is 0.0266. The number of esters is 1. The van der Waals surface area contributed by atoms with Gasteiger partial charge in [-0.15, -0.1) is 0 Å². The third kappa shape index (κ3) is 5.28. The number of likely N-dealkylation sites (N-methyl/N-ethyl adjacent to an activating group) is 1. The molecule has 0 spiro atoms. The minimum Gasteiger partial charge on any atom is -0.463 e. The Morgan fingerprint density at radius 1 is 1.21 bits per heavy atom. The second-order valence-corrected chi connectivity index (χ2v) is 8.98. The van der Waals surface area contributed by atoms with Crippen molar-refractivity contribution in [3.05, 3.63) is 45.1 Å². The lowest BCUT2D eigenvalue weighted by molar-refractivity contribution is -0.139. The van der Waals surface area contributed by atoms with Crippen molar-refractivity contribution in [1.29, 1.82) is 0 Å². The zero-order chi connectivity index (χ0) is 24.3. The Morgan fingerprint density at radius 3 is 2.58 bits per heavy atom. The van der Waals surface area contributed by atoms with Gasteiger partial charge in [-0.1, -0.05) is 42.3 Å². The molecule has 2 aliphatic heterocycles. The maximum Gasteiger partial charge on any atom is 0.338 e. The summed E-state index contributed by atoms with van der Waals surface area (Å²) in [5, 5.41) is 3.46. The first-order valence-electron chi connectivity index (χ1n) is 11.1. The number of piperazine rings is 1. The van der Waals surface area contributed by atoms with E-state index in [4.69, 9.17) is 27.9 Å². The van der Waals surface area contributed by atoms with Gasteiger partial charge in [0.1, 0.15) is 0 Å². The maximum absolute atomic E-state index is 13.1. The molecule has 1 aromatic carbocycles. The molecule has 0 aromatic heterocycles. The fourth-order valence-corrected chi connectivity index (χ4v) is 4.75.